The fourth-order valence-electron chi connectivity index (χ4n) is 2.40. The van der Waals surface area contributed by atoms with Crippen LogP contribution < -0.4 is 10.6 Å². The molecule has 130 valence electrons. The molecular formula is C17H24N4O3. The van der Waals surface area contributed by atoms with Crippen LogP contribution in [0, 0.1) is 0 Å². The fraction of sp³-hybridized carbons (Fsp3) is 0.471. The summed E-state index contributed by atoms with van der Waals surface area (Å²) in [7, 11) is 1.46. The van der Waals surface area contributed by atoms with Gasteiger partial charge in [-0.15, -0.1) is 0 Å². The Balaban J connectivity index is 2.23. The number of nitrogens with zero attached hydrogens (tertiary/aromatic N) is 2. The molecular weight excluding hydrogens is 308 g/mol. The number of aromatic nitrogens is 2. The number of amides is 2. The highest BCUT2D eigenvalue weighted by atomic mass is 16.5. The van der Waals surface area contributed by atoms with E-state index in [1.807, 2.05) is 49.6 Å². The van der Waals surface area contributed by atoms with Gasteiger partial charge in [0, 0.05) is 12.6 Å². The number of imidazole rings is 1. The van der Waals surface area contributed by atoms with Crippen molar-refractivity contribution in [3.63, 3.8) is 0 Å². The molecule has 0 bridgehead atoms. The number of hydrogen-bond donors (Lipinski definition) is 2. The van der Waals surface area contributed by atoms with Crippen LogP contribution in [0.3, 0.4) is 0 Å². The van der Waals surface area contributed by atoms with Gasteiger partial charge in [-0.05, 0) is 32.9 Å². The highest BCUT2D eigenvalue weighted by molar-refractivity contribution is 5.82. The zero-order valence-corrected chi connectivity index (χ0v) is 14.5. The number of nitrogens with one attached hydrogen (secondary N) is 2. The molecule has 0 fully saturated rings. The second kappa shape index (κ2) is 7.44. The molecule has 2 aromatic rings. The SMILES string of the molecule is COCC(=O)NCc1nc2ccccc2n1CC(=O)NC(C)(C)C. The predicted octanol–water partition coefficient (Wildman–Crippen LogP) is 1.21. The number of rotatable bonds is 6. The number of ether oxygens (including phenoxy) is 1. The molecule has 0 atom stereocenters. The molecule has 7 heteroatoms. The Morgan fingerprint density at radius 3 is 2.58 bits per heavy atom. The lowest BCUT2D eigenvalue weighted by molar-refractivity contribution is -0.125. The van der Waals surface area contributed by atoms with E-state index in [2.05, 4.69) is 15.6 Å². The number of methoxy groups -OCH3 is 1. The van der Waals surface area contributed by atoms with Gasteiger partial charge in [-0.3, -0.25) is 9.59 Å². The molecule has 2 rings (SSSR count). The molecule has 2 amide bonds. The molecule has 24 heavy (non-hydrogen) atoms. The van der Waals surface area contributed by atoms with Crippen molar-refractivity contribution >= 4 is 22.8 Å². The van der Waals surface area contributed by atoms with Gasteiger partial charge in [0.1, 0.15) is 19.0 Å². The molecule has 0 radical (unpaired) electrons. The lowest BCUT2D eigenvalue weighted by atomic mass is 10.1. The van der Waals surface area contributed by atoms with E-state index in [0.717, 1.165) is 11.0 Å². The Labute approximate surface area is 141 Å². The van der Waals surface area contributed by atoms with Gasteiger partial charge in [0.2, 0.25) is 11.8 Å². The first-order chi connectivity index (χ1) is 11.3. The third-order valence-corrected chi connectivity index (χ3v) is 3.27. The summed E-state index contributed by atoms with van der Waals surface area (Å²) in [5.74, 6) is 0.301. The highest BCUT2D eigenvalue weighted by Crippen LogP contribution is 2.16. The van der Waals surface area contributed by atoms with Crippen LogP contribution in [0.5, 0.6) is 0 Å². The van der Waals surface area contributed by atoms with Gasteiger partial charge >= 0.3 is 0 Å². The van der Waals surface area contributed by atoms with E-state index in [1.165, 1.54) is 7.11 Å². The van der Waals surface area contributed by atoms with Crippen LogP contribution in [0.25, 0.3) is 11.0 Å². The Morgan fingerprint density at radius 1 is 1.21 bits per heavy atom. The number of para-hydroxylation sites is 2. The van der Waals surface area contributed by atoms with Crippen molar-refractivity contribution in [2.75, 3.05) is 13.7 Å². The van der Waals surface area contributed by atoms with Crippen LogP contribution in [0.2, 0.25) is 0 Å². The second-order valence-corrected chi connectivity index (χ2v) is 6.61. The van der Waals surface area contributed by atoms with E-state index in [-0.39, 0.29) is 37.0 Å². The minimum atomic E-state index is -0.305. The first-order valence-electron chi connectivity index (χ1n) is 7.81. The third-order valence-electron chi connectivity index (χ3n) is 3.27. The van der Waals surface area contributed by atoms with Crippen LogP contribution in [0.1, 0.15) is 26.6 Å². The Morgan fingerprint density at radius 2 is 1.92 bits per heavy atom. The molecule has 0 saturated heterocycles. The lowest BCUT2D eigenvalue weighted by Crippen LogP contribution is -2.42. The van der Waals surface area contributed by atoms with Gasteiger partial charge in [0.25, 0.3) is 0 Å². The normalized spacial score (nSPS) is 11.5. The monoisotopic (exact) mass is 332 g/mol. The average Bonchev–Trinajstić information content (AvgIpc) is 2.82. The predicted molar refractivity (Wildman–Crippen MR) is 91.4 cm³/mol. The molecule has 0 aliphatic rings. The van der Waals surface area contributed by atoms with Crippen LogP contribution in [-0.2, 0) is 27.4 Å². The fourth-order valence-corrected chi connectivity index (χ4v) is 2.40. The van der Waals surface area contributed by atoms with E-state index >= 15 is 0 Å². The van der Waals surface area contributed by atoms with Gasteiger partial charge in [-0.2, -0.15) is 0 Å². The molecule has 0 unspecified atom stereocenters. The van der Waals surface area contributed by atoms with Crippen molar-refractivity contribution in [2.45, 2.75) is 39.4 Å². The van der Waals surface area contributed by atoms with Gasteiger partial charge in [-0.25, -0.2) is 4.98 Å². The van der Waals surface area contributed by atoms with Gasteiger partial charge < -0.3 is 19.9 Å². The summed E-state index contributed by atoms with van der Waals surface area (Å²) in [5, 5.41) is 5.68. The Kier molecular flexibility index (Phi) is 5.56. The van der Waals surface area contributed by atoms with Crippen molar-refractivity contribution in [1.82, 2.24) is 20.2 Å². The molecule has 7 nitrogen and oxygen atoms in total. The minimum Gasteiger partial charge on any atom is -0.375 e. The molecule has 0 saturated carbocycles. The molecule has 0 aliphatic heterocycles. The summed E-state index contributed by atoms with van der Waals surface area (Å²) < 4.78 is 6.62. The number of carbonyl (C=O) groups is 2. The van der Waals surface area contributed by atoms with Gasteiger partial charge in [0.15, 0.2) is 0 Å². The maximum atomic E-state index is 12.3. The number of fused-ring (bicyclic) bond motifs is 1. The smallest absolute Gasteiger partial charge is 0.246 e. The quantitative estimate of drug-likeness (QED) is 0.833. The molecule has 2 N–H and O–H groups in total. The van der Waals surface area contributed by atoms with E-state index in [1.54, 1.807) is 0 Å². The summed E-state index contributed by atoms with van der Waals surface area (Å²) in [6, 6.07) is 7.58. The number of carbonyl (C=O) groups excluding carboxylic acids is 2. The third kappa shape index (κ3) is 4.79. The van der Waals surface area contributed by atoms with E-state index in [0.29, 0.717) is 5.82 Å². The zero-order valence-electron chi connectivity index (χ0n) is 14.5. The molecule has 1 aromatic carbocycles. The lowest BCUT2D eigenvalue weighted by Gasteiger charge is -2.21. The highest BCUT2D eigenvalue weighted by Gasteiger charge is 2.18. The first-order valence-corrected chi connectivity index (χ1v) is 7.81. The number of hydrogen-bond acceptors (Lipinski definition) is 4. The minimum absolute atomic E-state index is 0.00919. The van der Waals surface area contributed by atoms with Gasteiger partial charge in [0.05, 0.1) is 17.6 Å². The van der Waals surface area contributed by atoms with Crippen molar-refractivity contribution in [3.05, 3.63) is 30.1 Å². The van der Waals surface area contributed by atoms with Crippen LogP contribution in [-0.4, -0.2) is 40.6 Å². The maximum Gasteiger partial charge on any atom is 0.246 e. The number of benzene rings is 1. The molecule has 1 aromatic heterocycles. The standard InChI is InChI=1S/C17H24N4O3/c1-17(2,3)20-15(22)10-21-13-8-6-5-7-12(13)19-14(21)9-18-16(23)11-24-4/h5-8H,9-11H2,1-4H3,(H,18,23)(H,20,22). The molecule has 0 aliphatic carbocycles. The summed E-state index contributed by atoms with van der Waals surface area (Å²) in [5.41, 5.74) is 1.34. The van der Waals surface area contributed by atoms with Gasteiger partial charge in [-0.1, -0.05) is 12.1 Å². The Bertz CT molecular complexity index is 731. The Hall–Kier alpha value is -2.41. The molecule has 1 heterocycles. The molecule has 0 spiro atoms. The summed E-state index contributed by atoms with van der Waals surface area (Å²) in [6.45, 7) is 6.17. The zero-order chi connectivity index (χ0) is 17.7. The van der Waals surface area contributed by atoms with Crippen molar-refractivity contribution in [1.29, 1.82) is 0 Å². The summed E-state index contributed by atoms with van der Waals surface area (Å²) >= 11 is 0. The average molecular weight is 332 g/mol. The van der Waals surface area contributed by atoms with E-state index < -0.39 is 0 Å². The van der Waals surface area contributed by atoms with Crippen molar-refractivity contribution in [3.8, 4) is 0 Å². The summed E-state index contributed by atoms with van der Waals surface area (Å²) in [4.78, 5) is 28.4. The largest absolute Gasteiger partial charge is 0.375 e. The summed E-state index contributed by atoms with van der Waals surface area (Å²) in [6.07, 6.45) is 0. The van der Waals surface area contributed by atoms with E-state index in [4.69, 9.17) is 4.74 Å². The topological polar surface area (TPSA) is 85.2 Å². The first kappa shape index (κ1) is 17.9. The van der Waals surface area contributed by atoms with Crippen LogP contribution >= 0.6 is 0 Å². The second-order valence-electron chi connectivity index (χ2n) is 6.61. The van der Waals surface area contributed by atoms with Crippen LogP contribution in [0.4, 0.5) is 0 Å². The van der Waals surface area contributed by atoms with Crippen molar-refractivity contribution < 1.29 is 14.3 Å². The van der Waals surface area contributed by atoms with Crippen LogP contribution in [0.15, 0.2) is 24.3 Å². The van der Waals surface area contributed by atoms with Crippen molar-refractivity contribution in [2.24, 2.45) is 0 Å². The van der Waals surface area contributed by atoms with E-state index in [9.17, 15) is 9.59 Å². The maximum absolute atomic E-state index is 12.3.